The first-order valence-electron chi connectivity index (χ1n) is 5.43. The van der Waals surface area contributed by atoms with Gasteiger partial charge in [-0.15, -0.1) is 0 Å². The third-order valence-electron chi connectivity index (χ3n) is 2.77. The van der Waals surface area contributed by atoms with Gasteiger partial charge in [-0.3, -0.25) is 4.68 Å². The molecule has 0 aliphatic heterocycles. The fourth-order valence-corrected chi connectivity index (χ4v) is 2.03. The number of nitrogens with zero attached hydrogens (tertiary/aromatic N) is 2. The Morgan fingerprint density at radius 3 is 2.69 bits per heavy atom. The molecule has 2 unspecified atom stereocenters. The largest absolute Gasteiger partial charge is 0.390 e. The number of rotatable bonds is 5. The van der Waals surface area contributed by atoms with Crippen LogP contribution in [0.5, 0.6) is 0 Å². The highest BCUT2D eigenvalue weighted by Crippen LogP contribution is 2.23. The van der Waals surface area contributed by atoms with E-state index in [4.69, 9.17) is 4.74 Å². The first kappa shape index (κ1) is 13.7. The van der Waals surface area contributed by atoms with Crippen molar-refractivity contribution in [2.24, 2.45) is 0 Å². The minimum Gasteiger partial charge on any atom is -0.390 e. The van der Waals surface area contributed by atoms with Crippen LogP contribution >= 0.6 is 15.9 Å². The van der Waals surface area contributed by atoms with Crippen LogP contribution in [0.25, 0.3) is 0 Å². The summed E-state index contributed by atoms with van der Waals surface area (Å²) in [6.45, 7) is 6.65. The van der Waals surface area contributed by atoms with Gasteiger partial charge < -0.3 is 9.84 Å². The molecule has 0 saturated carbocycles. The highest BCUT2D eigenvalue weighted by molar-refractivity contribution is 9.10. The van der Waals surface area contributed by atoms with Crippen LogP contribution in [0.4, 0.5) is 0 Å². The van der Waals surface area contributed by atoms with Gasteiger partial charge in [0.2, 0.25) is 0 Å². The van der Waals surface area contributed by atoms with Crippen molar-refractivity contribution in [3.05, 3.63) is 15.9 Å². The summed E-state index contributed by atoms with van der Waals surface area (Å²) in [5, 5.41) is 14.3. The maximum Gasteiger partial charge on any atom is 0.0854 e. The Labute approximate surface area is 105 Å². The number of aliphatic hydroxyl groups excluding tert-OH is 1. The van der Waals surface area contributed by atoms with Gasteiger partial charge in [0.1, 0.15) is 0 Å². The summed E-state index contributed by atoms with van der Waals surface area (Å²) in [6, 6.07) is 0. The van der Waals surface area contributed by atoms with Gasteiger partial charge in [-0.1, -0.05) is 0 Å². The van der Waals surface area contributed by atoms with Crippen molar-refractivity contribution < 1.29 is 9.84 Å². The molecular formula is C11H19BrN2O2. The van der Waals surface area contributed by atoms with Crippen molar-refractivity contribution >= 4 is 15.9 Å². The highest BCUT2D eigenvalue weighted by Gasteiger charge is 2.19. The second-order valence-corrected chi connectivity index (χ2v) is 4.67. The van der Waals surface area contributed by atoms with Gasteiger partial charge >= 0.3 is 0 Å². The molecule has 1 heterocycles. The zero-order valence-corrected chi connectivity index (χ0v) is 11.8. The first-order valence-corrected chi connectivity index (χ1v) is 6.23. The molecule has 4 nitrogen and oxygen atoms in total. The number of halogens is 1. The Hall–Kier alpha value is -0.390. The van der Waals surface area contributed by atoms with Crippen LogP contribution in [-0.4, -0.2) is 34.2 Å². The summed E-state index contributed by atoms with van der Waals surface area (Å²) < 4.78 is 8.00. The molecule has 1 aromatic heterocycles. The predicted octanol–water partition coefficient (Wildman–Crippen LogP) is 1.91. The van der Waals surface area contributed by atoms with E-state index in [0.29, 0.717) is 6.42 Å². The molecular weight excluding hydrogens is 272 g/mol. The summed E-state index contributed by atoms with van der Waals surface area (Å²) in [5.41, 5.74) is 1.98. The molecule has 0 fully saturated rings. The molecule has 0 aliphatic carbocycles. The molecule has 2 atom stereocenters. The van der Waals surface area contributed by atoms with E-state index in [1.165, 1.54) is 0 Å². The van der Waals surface area contributed by atoms with E-state index in [0.717, 1.165) is 22.4 Å². The number of hydrogen-bond acceptors (Lipinski definition) is 3. The van der Waals surface area contributed by atoms with Gasteiger partial charge in [0, 0.05) is 20.1 Å². The van der Waals surface area contributed by atoms with Crippen molar-refractivity contribution in [1.29, 1.82) is 0 Å². The van der Waals surface area contributed by atoms with Crippen molar-refractivity contribution in [3.63, 3.8) is 0 Å². The lowest BCUT2D eigenvalue weighted by atomic mass is 10.1. The van der Waals surface area contributed by atoms with E-state index < -0.39 is 6.10 Å². The average Bonchev–Trinajstić information content (AvgIpc) is 2.55. The number of aromatic nitrogens is 2. The monoisotopic (exact) mass is 290 g/mol. The lowest BCUT2D eigenvalue weighted by molar-refractivity contribution is -0.000595. The number of hydrogen-bond donors (Lipinski definition) is 1. The first-order chi connectivity index (χ1) is 7.51. The smallest absolute Gasteiger partial charge is 0.0854 e. The second kappa shape index (κ2) is 5.80. The molecule has 1 aromatic rings. The average molecular weight is 291 g/mol. The minimum atomic E-state index is -0.511. The molecule has 0 spiro atoms. The molecule has 92 valence electrons. The lowest BCUT2D eigenvalue weighted by Crippen LogP contribution is -2.28. The van der Waals surface area contributed by atoms with Crippen molar-refractivity contribution in [1.82, 2.24) is 9.78 Å². The van der Waals surface area contributed by atoms with Gasteiger partial charge in [0.15, 0.2) is 0 Å². The van der Waals surface area contributed by atoms with Crippen LogP contribution in [0.2, 0.25) is 0 Å². The van der Waals surface area contributed by atoms with Crippen LogP contribution < -0.4 is 0 Å². The van der Waals surface area contributed by atoms with Crippen LogP contribution in [0.3, 0.4) is 0 Å². The van der Waals surface area contributed by atoms with Crippen LogP contribution in [0.1, 0.15) is 25.2 Å². The zero-order chi connectivity index (χ0) is 12.3. The summed E-state index contributed by atoms with van der Waals surface area (Å²) in [6.07, 6.45) is -0.139. The molecule has 0 saturated heterocycles. The van der Waals surface area contributed by atoms with E-state index in [9.17, 15) is 5.11 Å². The van der Waals surface area contributed by atoms with Crippen LogP contribution in [-0.2, 0) is 17.7 Å². The summed E-state index contributed by atoms with van der Waals surface area (Å²) in [7, 11) is 1.60. The number of aryl methyl sites for hydroxylation is 2. The topological polar surface area (TPSA) is 47.3 Å². The van der Waals surface area contributed by atoms with E-state index in [1.807, 2.05) is 25.5 Å². The van der Waals surface area contributed by atoms with Gasteiger partial charge in [0.25, 0.3) is 0 Å². The van der Waals surface area contributed by atoms with E-state index in [1.54, 1.807) is 7.11 Å². The predicted molar refractivity (Wildman–Crippen MR) is 66.5 cm³/mol. The second-order valence-electron chi connectivity index (χ2n) is 3.87. The lowest BCUT2D eigenvalue weighted by Gasteiger charge is -2.17. The van der Waals surface area contributed by atoms with Crippen molar-refractivity contribution in [2.75, 3.05) is 7.11 Å². The number of ether oxygens (including phenoxy) is 1. The molecule has 0 aliphatic rings. The normalized spacial score (nSPS) is 15.1. The third kappa shape index (κ3) is 2.84. The van der Waals surface area contributed by atoms with E-state index in [2.05, 4.69) is 21.0 Å². The molecule has 5 heteroatoms. The quantitative estimate of drug-likeness (QED) is 0.901. The number of methoxy groups -OCH3 is 1. The Balaban J connectivity index is 2.87. The molecule has 1 N–H and O–H groups in total. The van der Waals surface area contributed by atoms with Crippen LogP contribution in [0, 0.1) is 6.92 Å². The number of aliphatic hydroxyl groups is 1. The Morgan fingerprint density at radius 1 is 1.56 bits per heavy atom. The van der Waals surface area contributed by atoms with Gasteiger partial charge in [-0.05, 0) is 36.7 Å². The van der Waals surface area contributed by atoms with E-state index >= 15 is 0 Å². The molecule has 0 amide bonds. The maximum absolute atomic E-state index is 9.94. The maximum atomic E-state index is 9.94. The Kier molecular flexibility index (Phi) is 4.95. The fourth-order valence-electron chi connectivity index (χ4n) is 1.59. The summed E-state index contributed by atoms with van der Waals surface area (Å²) in [5.74, 6) is 0. The minimum absolute atomic E-state index is 0.174. The SMILES string of the molecule is CCn1nc(C)c(Br)c1CC(O)C(C)OC. The zero-order valence-electron chi connectivity index (χ0n) is 10.2. The highest BCUT2D eigenvalue weighted by atomic mass is 79.9. The molecule has 0 radical (unpaired) electrons. The van der Waals surface area contributed by atoms with E-state index in [-0.39, 0.29) is 6.10 Å². The third-order valence-corrected chi connectivity index (χ3v) is 3.80. The fraction of sp³-hybridized carbons (Fsp3) is 0.727. The van der Waals surface area contributed by atoms with Crippen molar-refractivity contribution in [2.45, 2.75) is 45.9 Å². The van der Waals surface area contributed by atoms with Gasteiger partial charge in [0.05, 0.1) is 28.1 Å². The molecule has 0 bridgehead atoms. The summed E-state index contributed by atoms with van der Waals surface area (Å²) >= 11 is 3.51. The molecule has 0 aromatic carbocycles. The molecule has 16 heavy (non-hydrogen) atoms. The van der Waals surface area contributed by atoms with Gasteiger partial charge in [-0.2, -0.15) is 5.10 Å². The standard InChI is InChI=1S/C11H19BrN2O2/c1-5-14-9(11(12)7(2)13-14)6-10(15)8(3)16-4/h8,10,15H,5-6H2,1-4H3. The Morgan fingerprint density at radius 2 is 2.19 bits per heavy atom. The van der Waals surface area contributed by atoms with Crippen LogP contribution in [0.15, 0.2) is 4.47 Å². The summed E-state index contributed by atoms with van der Waals surface area (Å²) in [4.78, 5) is 0. The molecule has 1 rings (SSSR count). The van der Waals surface area contributed by atoms with Crippen molar-refractivity contribution in [3.8, 4) is 0 Å². The Bertz CT molecular complexity index is 352. The van der Waals surface area contributed by atoms with Gasteiger partial charge in [-0.25, -0.2) is 0 Å².